The van der Waals surface area contributed by atoms with E-state index < -0.39 is 18.1 Å². The van der Waals surface area contributed by atoms with Gasteiger partial charge in [-0.25, -0.2) is 9.69 Å². The fraction of sp³-hybridized carbons (Fsp3) is 0.438. The predicted octanol–water partition coefficient (Wildman–Crippen LogP) is 3.03. The van der Waals surface area contributed by atoms with Gasteiger partial charge in [-0.3, -0.25) is 4.79 Å². The van der Waals surface area contributed by atoms with Crippen molar-refractivity contribution in [3.63, 3.8) is 0 Å². The first-order valence-electron chi connectivity index (χ1n) is 7.05. The van der Waals surface area contributed by atoms with E-state index in [9.17, 15) is 9.59 Å². The molecule has 0 bridgehead atoms. The molecule has 1 aliphatic heterocycles. The number of imide groups is 1. The molecule has 0 unspecified atom stereocenters. The Hall–Kier alpha value is -2.35. The van der Waals surface area contributed by atoms with Crippen LogP contribution in [0.1, 0.15) is 38.4 Å². The van der Waals surface area contributed by atoms with Gasteiger partial charge in [0.25, 0.3) is 0 Å². The van der Waals surface area contributed by atoms with Crippen molar-refractivity contribution in [1.82, 2.24) is 4.90 Å². The molecule has 0 aromatic heterocycles. The number of benzene rings is 1. The summed E-state index contributed by atoms with van der Waals surface area (Å²) in [6.07, 6.45) is -0.444. The lowest BCUT2D eigenvalue weighted by Crippen LogP contribution is -2.41. The molecule has 21 heavy (non-hydrogen) atoms. The zero-order chi connectivity index (χ0) is 15.4. The van der Waals surface area contributed by atoms with Gasteiger partial charge >= 0.3 is 6.09 Å². The molecular formula is C16H18N2O3. The Bertz CT molecular complexity index is 565. The van der Waals surface area contributed by atoms with E-state index in [0.29, 0.717) is 6.42 Å². The highest BCUT2D eigenvalue weighted by Crippen LogP contribution is 2.33. The fourth-order valence-electron chi connectivity index (χ4n) is 2.56. The van der Waals surface area contributed by atoms with Gasteiger partial charge in [-0.05, 0) is 18.9 Å². The third kappa shape index (κ3) is 2.89. The zero-order valence-corrected chi connectivity index (χ0v) is 12.2. The molecule has 0 spiro atoms. The van der Waals surface area contributed by atoms with Crippen molar-refractivity contribution in [3.8, 4) is 6.07 Å². The molecule has 110 valence electrons. The second-order valence-corrected chi connectivity index (χ2v) is 5.13. The number of cyclic esters (lactones) is 1. The minimum Gasteiger partial charge on any atom is -0.439 e. The van der Waals surface area contributed by atoms with Crippen LogP contribution in [-0.4, -0.2) is 22.9 Å². The summed E-state index contributed by atoms with van der Waals surface area (Å²) in [4.78, 5) is 25.6. The second-order valence-electron chi connectivity index (χ2n) is 5.13. The monoisotopic (exact) mass is 286 g/mol. The van der Waals surface area contributed by atoms with E-state index in [-0.39, 0.29) is 18.4 Å². The van der Waals surface area contributed by atoms with Crippen molar-refractivity contribution in [2.24, 2.45) is 5.92 Å². The van der Waals surface area contributed by atoms with E-state index in [1.165, 1.54) is 0 Å². The molecule has 1 aliphatic rings. The number of carbonyl (C=O) groups is 2. The third-order valence-corrected chi connectivity index (χ3v) is 3.82. The zero-order valence-electron chi connectivity index (χ0n) is 12.2. The van der Waals surface area contributed by atoms with E-state index in [4.69, 9.17) is 10.00 Å². The highest BCUT2D eigenvalue weighted by molar-refractivity contribution is 5.95. The number of nitrogens with zero attached hydrogens (tertiary/aromatic N) is 2. The topological polar surface area (TPSA) is 70.4 Å². The number of hydrogen-bond acceptors (Lipinski definition) is 4. The Morgan fingerprint density at radius 3 is 2.67 bits per heavy atom. The molecule has 1 heterocycles. The van der Waals surface area contributed by atoms with E-state index in [2.05, 4.69) is 0 Å². The van der Waals surface area contributed by atoms with E-state index in [1.54, 1.807) is 6.92 Å². The summed E-state index contributed by atoms with van der Waals surface area (Å²) in [5, 5.41) is 8.78. The summed E-state index contributed by atoms with van der Waals surface area (Å²) in [5.74, 6) is -0.783. The van der Waals surface area contributed by atoms with Gasteiger partial charge in [-0.1, -0.05) is 37.3 Å². The van der Waals surface area contributed by atoms with Crippen molar-refractivity contribution >= 4 is 12.0 Å². The van der Waals surface area contributed by atoms with Crippen LogP contribution in [0.5, 0.6) is 0 Å². The minimum atomic E-state index is -0.627. The van der Waals surface area contributed by atoms with Crippen molar-refractivity contribution < 1.29 is 14.3 Å². The van der Waals surface area contributed by atoms with Gasteiger partial charge in [0, 0.05) is 6.42 Å². The molecule has 1 aromatic rings. The fourth-order valence-corrected chi connectivity index (χ4v) is 2.56. The first-order valence-corrected chi connectivity index (χ1v) is 7.05. The lowest BCUT2D eigenvalue weighted by atomic mass is 9.99. The van der Waals surface area contributed by atoms with Gasteiger partial charge < -0.3 is 4.74 Å². The van der Waals surface area contributed by atoms with Gasteiger partial charge in [0.1, 0.15) is 6.10 Å². The van der Waals surface area contributed by atoms with E-state index in [1.807, 2.05) is 43.3 Å². The van der Waals surface area contributed by atoms with Gasteiger partial charge in [-0.15, -0.1) is 0 Å². The molecule has 2 amide bonds. The summed E-state index contributed by atoms with van der Waals surface area (Å²) in [7, 11) is 0. The van der Waals surface area contributed by atoms with Crippen LogP contribution in [-0.2, 0) is 9.53 Å². The number of amides is 2. The Balaban J connectivity index is 2.21. The van der Waals surface area contributed by atoms with E-state index in [0.717, 1.165) is 10.5 Å². The SMILES string of the molecule is CC[C@H](CC#N)C(=O)N1C(=O)O[C@H](c2ccccc2)[C@@H]1C. The summed E-state index contributed by atoms with van der Waals surface area (Å²) in [6.45, 7) is 3.63. The largest absolute Gasteiger partial charge is 0.439 e. The molecule has 5 nitrogen and oxygen atoms in total. The predicted molar refractivity (Wildman–Crippen MR) is 76.0 cm³/mol. The van der Waals surface area contributed by atoms with Crippen molar-refractivity contribution in [2.75, 3.05) is 0 Å². The molecular weight excluding hydrogens is 268 g/mol. The number of carbonyl (C=O) groups excluding carboxylic acids is 2. The Labute approximate surface area is 124 Å². The van der Waals surface area contributed by atoms with Gasteiger partial charge in [0.05, 0.1) is 18.0 Å². The maximum Gasteiger partial charge on any atom is 0.417 e. The summed E-state index contributed by atoms with van der Waals surface area (Å²) in [5.41, 5.74) is 0.863. The molecule has 2 rings (SSSR count). The Morgan fingerprint density at radius 1 is 1.43 bits per heavy atom. The maximum atomic E-state index is 12.4. The molecule has 1 aromatic carbocycles. The number of nitriles is 1. The van der Waals surface area contributed by atoms with Crippen LogP contribution in [0.2, 0.25) is 0 Å². The number of rotatable bonds is 4. The molecule has 1 fully saturated rings. The minimum absolute atomic E-state index is 0.113. The summed E-state index contributed by atoms with van der Waals surface area (Å²) < 4.78 is 5.35. The second kappa shape index (κ2) is 6.40. The van der Waals surface area contributed by atoms with Crippen molar-refractivity contribution in [1.29, 1.82) is 5.26 Å². The van der Waals surface area contributed by atoms with Crippen LogP contribution < -0.4 is 0 Å². The van der Waals surface area contributed by atoms with Crippen LogP contribution in [0, 0.1) is 17.2 Å². The lowest BCUT2D eigenvalue weighted by Gasteiger charge is -2.22. The van der Waals surface area contributed by atoms with Gasteiger partial charge in [-0.2, -0.15) is 5.26 Å². The van der Waals surface area contributed by atoms with Gasteiger partial charge in [0.15, 0.2) is 0 Å². The molecule has 1 saturated heterocycles. The lowest BCUT2D eigenvalue weighted by molar-refractivity contribution is -0.133. The highest BCUT2D eigenvalue weighted by Gasteiger charge is 2.44. The molecule has 3 atom stereocenters. The van der Waals surface area contributed by atoms with Gasteiger partial charge in [0.2, 0.25) is 5.91 Å². The Kier molecular flexibility index (Phi) is 4.59. The quantitative estimate of drug-likeness (QED) is 0.853. The number of ether oxygens (including phenoxy) is 1. The normalized spacial score (nSPS) is 22.5. The van der Waals surface area contributed by atoms with Crippen molar-refractivity contribution in [2.45, 2.75) is 38.8 Å². The van der Waals surface area contributed by atoms with Crippen LogP contribution in [0.15, 0.2) is 30.3 Å². The third-order valence-electron chi connectivity index (χ3n) is 3.82. The van der Waals surface area contributed by atoms with E-state index >= 15 is 0 Å². The first kappa shape index (κ1) is 15.0. The molecule has 0 radical (unpaired) electrons. The maximum absolute atomic E-state index is 12.4. The molecule has 0 saturated carbocycles. The summed E-state index contributed by atoms with van der Waals surface area (Å²) >= 11 is 0. The number of hydrogen-bond donors (Lipinski definition) is 0. The average Bonchev–Trinajstić information content (AvgIpc) is 2.80. The summed E-state index contributed by atoms with van der Waals surface area (Å²) in [6, 6.07) is 11.0. The Morgan fingerprint density at radius 2 is 2.10 bits per heavy atom. The highest BCUT2D eigenvalue weighted by atomic mass is 16.6. The molecule has 0 N–H and O–H groups in total. The van der Waals surface area contributed by atoms with Crippen LogP contribution in [0.3, 0.4) is 0 Å². The standard InChI is InChI=1S/C16H18N2O3/c1-3-12(9-10-17)15(19)18-11(2)14(21-16(18)20)13-7-5-4-6-8-13/h4-8,11-12,14H,3,9H2,1-2H3/t11-,12+,14-/m0/s1. The molecule has 0 aliphatic carbocycles. The molecule has 5 heteroatoms. The average molecular weight is 286 g/mol. The first-order chi connectivity index (χ1) is 10.1. The smallest absolute Gasteiger partial charge is 0.417 e. The van der Waals surface area contributed by atoms with Crippen molar-refractivity contribution in [3.05, 3.63) is 35.9 Å². The van der Waals surface area contributed by atoms with Crippen LogP contribution >= 0.6 is 0 Å². The van der Waals surface area contributed by atoms with Crippen LogP contribution in [0.4, 0.5) is 4.79 Å². The van der Waals surface area contributed by atoms with Crippen LogP contribution in [0.25, 0.3) is 0 Å².